The lowest BCUT2D eigenvalue weighted by molar-refractivity contribution is 0.750. The first kappa shape index (κ1) is 38.0. The predicted molar refractivity (Wildman–Crippen MR) is 286 cm³/mol. The van der Waals surface area contributed by atoms with Crippen molar-refractivity contribution in [3.63, 3.8) is 0 Å². The van der Waals surface area contributed by atoms with Gasteiger partial charge in [-0.1, -0.05) is 115 Å². The third-order valence-electron chi connectivity index (χ3n) is 15.6. The zero-order valence-corrected chi connectivity index (χ0v) is 38.8. The van der Waals surface area contributed by atoms with E-state index < -0.39 is 5.41 Å². The molecule has 4 aliphatic rings. The van der Waals surface area contributed by atoms with Crippen LogP contribution in [0.3, 0.4) is 0 Å². The molecule has 11 aromatic rings. The number of rotatable bonds is 2. The van der Waals surface area contributed by atoms with E-state index in [1.54, 1.807) is 0 Å². The SMILES string of the molecule is [C-]#[N+]c1ccc2c(c1)-n1c3ccccc3c3cccc(c31)C21c2ccccc2-c2cc3c4c(sc3cc21)B1c2ccc(C)cc2N(c2cccc(C)c2)c2cc(C)cc(c21)N4c1ccccc1C. The molecule has 0 amide bonds. The topological polar surface area (TPSA) is 15.8 Å². The minimum Gasteiger partial charge on any atom is -0.311 e. The molecule has 4 nitrogen and oxygen atoms in total. The average Bonchev–Trinajstić information content (AvgIpc) is 3.99. The zero-order chi connectivity index (χ0) is 45.3. The third kappa shape index (κ3) is 4.64. The van der Waals surface area contributed by atoms with Crippen LogP contribution < -0.4 is 25.5 Å². The second-order valence-corrected chi connectivity index (χ2v) is 20.5. The lowest BCUT2D eigenvalue weighted by Crippen LogP contribution is -2.60. The molecule has 1 unspecified atom stereocenters. The van der Waals surface area contributed by atoms with Gasteiger partial charge in [-0.3, -0.25) is 0 Å². The molecule has 3 aliphatic heterocycles. The highest BCUT2D eigenvalue weighted by atomic mass is 32.1. The summed E-state index contributed by atoms with van der Waals surface area (Å²) in [5.74, 6) is 0. The summed E-state index contributed by atoms with van der Waals surface area (Å²) in [6.07, 6.45) is 0. The van der Waals surface area contributed by atoms with Crippen molar-refractivity contribution in [1.82, 2.24) is 4.57 Å². The quantitative estimate of drug-likeness (QED) is 0.127. The van der Waals surface area contributed by atoms with Gasteiger partial charge in [0.15, 0.2) is 5.69 Å². The first-order chi connectivity index (χ1) is 33.3. The molecule has 1 aliphatic carbocycles. The number of benzene rings is 9. The van der Waals surface area contributed by atoms with Crippen LogP contribution in [0.2, 0.25) is 0 Å². The molecule has 6 heteroatoms. The van der Waals surface area contributed by atoms with Gasteiger partial charge in [-0.2, -0.15) is 0 Å². The van der Waals surface area contributed by atoms with Gasteiger partial charge < -0.3 is 14.4 Å². The monoisotopic (exact) mass is 884 g/mol. The third-order valence-corrected chi connectivity index (χ3v) is 16.8. The summed E-state index contributed by atoms with van der Waals surface area (Å²) in [5.41, 5.74) is 26.1. The first-order valence-corrected chi connectivity index (χ1v) is 24.4. The fourth-order valence-electron chi connectivity index (χ4n) is 13.0. The van der Waals surface area contributed by atoms with Gasteiger partial charge in [0.1, 0.15) is 0 Å². The molecule has 0 saturated heterocycles. The molecule has 1 atom stereocenters. The van der Waals surface area contributed by atoms with E-state index in [-0.39, 0.29) is 6.71 Å². The Hall–Kier alpha value is -8.11. The molecule has 0 bridgehead atoms. The van der Waals surface area contributed by atoms with Crippen LogP contribution >= 0.6 is 11.3 Å². The Morgan fingerprint density at radius 2 is 1.26 bits per heavy atom. The van der Waals surface area contributed by atoms with Crippen molar-refractivity contribution in [2.75, 3.05) is 9.80 Å². The maximum absolute atomic E-state index is 8.20. The Balaban J connectivity index is 1.08. The summed E-state index contributed by atoms with van der Waals surface area (Å²) in [6.45, 7) is 17.1. The molecule has 0 saturated carbocycles. The van der Waals surface area contributed by atoms with Gasteiger partial charge in [0.25, 0.3) is 6.71 Å². The van der Waals surface area contributed by atoms with Gasteiger partial charge >= 0.3 is 0 Å². The van der Waals surface area contributed by atoms with Crippen LogP contribution in [0, 0.1) is 34.3 Å². The average molecular weight is 885 g/mol. The fourth-order valence-corrected chi connectivity index (χ4v) is 14.3. The summed E-state index contributed by atoms with van der Waals surface area (Å²) in [7, 11) is 0. The summed E-state index contributed by atoms with van der Waals surface area (Å²) < 4.78 is 5.09. The number of aryl methyl sites for hydroxylation is 4. The van der Waals surface area contributed by atoms with Crippen LogP contribution in [-0.4, -0.2) is 11.3 Å². The molecule has 5 heterocycles. The van der Waals surface area contributed by atoms with Crippen molar-refractivity contribution in [2.24, 2.45) is 0 Å². The van der Waals surface area contributed by atoms with E-state index in [2.05, 4.69) is 217 Å². The van der Waals surface area contributed by atoms with E-state index >= 15 is 0 Å². The van der Waals surface area contributed by atoms with Crippen molar-refractivity contribution in [3.8, 4) is 16.8 Å². The molecule has 0 N–H and O–H groups in total. The van der Waals surface area contributed by atoms with E-state index in [4.69, 9.17) is 6.57 Å². The Morgan fingerprint density at radius 3 is 2.13 bits per heavy atom. The Bertz CT molecular complexity index is 4150. The standard InChI is InChI=1S/C62H41BN4S/c1-35-14-12-16-40(28-35)65-54-29-36(2)24-27-50(54)63-58-55(65)30-37(3)31-56(58)66(51-22-10-6-15-38(51)4)60-45-33-44-41-17-7-9-20-46(41)62(49(44)34-57(45)68-61(60)63)47-26-25-39(64-5)32-53(47)67-52-23-11-8-18-42(52)43-19-13-21-48(62)59(43)67/h6-34H,1-4H3. The fraction of sp³-hybridized carbons (Fsp3) is 0.0806. The normalized spacial score (nSPS) is 15.6. The second-order valence-electron chi connectivity index (χ2n) is 19.4. The summed E-state index contributed by atoms with van der Waals surface area (Å²) >= 11 is 1.97. The number of para-hydroxylation sites is 3. The minimum atomic E-state index is -0.628. The molecular weight excluding hydrogens is 844 g/mol. The number of thiophene rings is 1. The summed E-state index contributed by atoms with van der Waals surface area (Å²) in [4.78, 5) is 9.15. The van der Waals surface area contributed by atoms with Crippen LogP contribution in [-0.2, 0) is 5.41 Å². The van der Waals surface area contributed by atoms with E-state index in [1.165, 1.54) is 132 Å². The van der Waals surface area contributed by atoms with E-state index in [0.717, 1.165) is 11.2 Å². The highest BCUT2D eigenvalue weighted by Gasteiger charge is 2.52. The van der Waals surface area contributed by atoms with Crippen LogP contribution in [0.15, 0.2) is 176 Å². The van der Waals surface area contributed by atoms with Crippen LogP contribution in [0.4, 0.5) is 39.8 Å². The van der Waals surface area contributed by atoms with Crippen LogP contribution in [0.5, 0.6) is 0 Å². The molecule has 318 valence electrons. The van der Waals surface area contributed by atoms with Gasteiger partial charge in [0.05, 0.1) is 28.7 Å². The predicted octanol–water partition coefficient (Wildman–Crippen LogP) is 14.5. The maximum atomic E-state index is 8.20. The van der Waals surface area contributed by atoms with Crippen LogP contribution in [0.25, 0.3) is 53.6 Å². The lowest BCUT2D eigenvalue weighted by Gasteiger charge is -2.43. The van der Waals surface area contributed by atoms with Crippen LogP contribution in [0.1, 0.15) is 44.5 Å². The van der Waals surface area contributed by atoms with Crippen molar-refractivity contribution < 1.29 is 0 Å². The summed E-state index contributed by atoms with van der Waals surface area (Å²) in [5, 5.41) is 3.73. The largest absolute Gasteiger partial charge is 0.311 e. The summed E-state index contributed by atoms with van der Waals surface area (Å²) in [6, 6.07) is 66.2. The molecule has 15 rings (SSSR count). The van der Waals surface area contributed by atoms with Gasteiger partial charge in [-0.05, 0) is 155 Å². The number of hydrogen-bond acceptors (Lipinski definition) is 3. The minimum absolute atomic E-state index is 0.0212. The van der Waals surface area contributed by atoms with Gasteiger partial charge in [0.2, 0.25) is 0 Å². The Labute approximate surface area is 399 Å². The highest BCUT2D eigenvalue weighted by Crippen LogP contribution is 2.63. The van der Waals surface area contributed by atoms with Crippen molar-refractivity contribution in [1.29, 1.82) is 0 Å². The molecule has 0 radical (unpaired) electrons. The Morgan fingerprint density at radius 1 is 0.515 bits per heavy atom. The highest BCUT2D eigenvalue weighted by molar-refractivity contribution is 7.33. The van der Waals surface area contributed by atoms with Crippen molar-refractivity contribution in [3.05, 3.63) is 232 Å². The number of fused-ring (bicyclic) bond motifs is 18. The molecule has 2 aromatic heterocycles. The van der Waals surface area contributed by atoms with Crippen molar-refractivity contribution >= 4 is 105 Å². The molecule has 9 aromatic carbocycles. The maximum Gasteiger partial charge on any atom is 0.264 e. The van der Waals surface area contributed by atoms with E-state index in [0.29, 0.717) is 5.69 Å². The number of nitrogens with zero attached hydrogens (tertiary/aromatic N) is 4. The molecule has 0 fully saturated rings. The lowest BCUT2D eigenvalue weighted by atomic mass is 9.36. The number of hydrogen-bond donors (Lipinski definition) is 0. The molecule has 68 heavy (non-hydrogen) atoms. The zero-order valence-electron chi connectivity index (χ0n) is 38.0. The van der Waals surface area contributed by atoms with Gasteiger partial charge in [-0.15, -0.1) is 11.3 Å². The number of aromatic nitrogens is 1. The molecule has 1 spiro atoms. The molecular formula is C62H41BN4S. The van der Waals surface area contributed by atoms with Crippen molar-refractivity contribution in [2.45, 2.75) is 33.1 Å². The van der Waals surface area contributed by atoms with Gasteiger partial charge in [-0.25, -0.2) is 4.85 Å². The second kappa shape index (κ2) is 13.3. The Kier molecular flexibility index (Phi) is 7.43. The van der Waals surface area contributed by atoms with Gasteiger partial charge in [0, 0.05) is 59.8 Å². The smallest absolute Gasteiger partial charge is 0.264 e. The first-order valence-electron chi connectivity index (χ1n) is 23.6. The van der Waals surface area contributed by atoms with E-state index in [1.807, 2.05) is 17.4 Å². The van der Waals surface area contributed by atoms with E-state index in [9.17, 15) is 0 Å². The number of anilines is 6.